The number of hydrogen-bond donors (Lipinski definition) is 1. The summed E-state index contributed by atoms with van der Waals surface area (Å²) in [6, 6.07) is 24.5. The van der Waals surface area contributed by atoms with Crippen LogP contribution in [0, 0.1) is 6.92 Å². The van der Waals surface area contributed by atoms with Crippen molar-refractivity contribution >= 4 is 34.9 Å². The minimum atomic E-state index is -0.284. The van der Waals surface area contributed by atoms with Gasteiger partial charge >= 0.3 is 0 Å². The number of fused-ring (bicyclic) bond motifs is 1. The second-order valence-electron chi connectivity index (χ2n) is 10.5. The van der Waals surface area contributed by atoms with E-state index in [4.69, 9.17) is 9.73 Å². The number of Topliss-reactive ketones (excluding diaryl/α,β-unsaturated/α-hetero) is 1. The lowest BCUT2D eigenvalue weighted by molar-refractivity contribution is 0.0998. The zero-order valence-corrected chi connectivity index (χ0v) is 23.8. The molecule has 1 aliphatic heterocycles. The lowest BCUT2D eigenvalue weighted by Crippen LogP contribution is -2.30. The van der Waals surface area contributed by atoms with Crippen LogP contribution in [0.2, 0.25) is 0 Å². The van der Waals surface area contributed by atoms with Crippen LogP contribution in [-0.4, -0.2) is 35.0 Å². The van der Waals surface area contributed by atoms with E-state index in [0.29, 0.717) is 21.8 Å². The summed E-state index contributed by atoms with van der Waals surface area (Å²) in [7, 11) is 1.63. The molecule has 0 aliphatic carbocycles. The van der Waals surface area contributed by atoms with Gasteiger partial charge in [0, 0.05) is 27.9 Å². The van der Waals surface area contributed by atoms with Crippen LogP contribution in [0.5, 0.6) is 5.75 Å². The van der Waals surface area contributed by atoms with Gasteiger partial charge in [0.1, 0.15) is 10.8 Å². The van der Waals surface area contributed by atoms with Crippen molar-refractivity contribution in [2.24, 2.45) is 4.99 Å². The van der Waals surface area contributed by atoms with E-state index in [1.165, 1.54) is 17.3 Å². The Kier molecular flexibility index (Phi) is 7.85. The van der Waals surface area contributed by atoms with Gasteiger partial charge in [-0.2, -0.15) is 0 Å². The maximum atomic E-state index is 13.3. The number of methoxy groups -OCH3 is 1. The van der Waals surface area contributed by atoms with Crippen molar-refractivity contribution in [2.75, 3.05) is 12.4 Å². The van der Waals surface area contributed by atoms with Crippen LogP contribution >= 0.6 is 11.8 Å². The molecule has 3 aromatic carbocycles. The van der Waals surface area contributed by atoms with E-state index >= 15 is 0 Å². The number of ether oxygens (including phenoxy) is 1. The molecule has 0 saturated carbocycles. The maximum Gasteiger partial charge on any atom is 0.258 e. The van der Waals surface area contributed by atoms with E-state index < -0.39 is 0 Å². The fourth-order valence-corrected chi connectivity index (χ4v) is 5.61. The average Bonchev–Trinajstić information content (AvgIpc) is 2.94. The van der Waals surface area contributed by atoms with E-state index in [1.54, 1.807) is 49.7 Å². The molecule has 1 aromatic heterocycles. The predicted molar refractivity (Wildman–Crippen MR) is 160 cm³/mol. The number of aryl methyl sites for hydroxylation is 1. The van der Waals surface area contributed by atoms with Gasteiger partial charge in [-0.05, 0) is 93.4 Å². The molecular weight excluding hydrogens is 518 g/mol. The molecule has 0 saturated heterocycles. The van der Waals surface area contributed by atoms with Gasteiger partial charge < -0.3 is 10.1 Å². The quantitative estimate of drug-likeness (QED) is 0.235. The third kappa shape index (κ3) is 6.32. The largest absolute Gasteiger partial charge is 0.497 e. The summed E-state index contributed by atoms with van der Waals surface area (Å²) >= 11 is 1.45. The van der Waals surface area contributed by atoms with Crippen LogP contribution < -0.4 is 10.1 Å². The average molecular weight is 550 g/mol. The highest BCUT2D eigenvalue weighted by Crippen LogP contribution is 2.32. The smallest absolute Gasteiger partial charge is 0.258 e. The molecule has 5 rings (SSSR count). The van der Waals surface area contributed by atoms with E-state index in [2.05, 4.69) is 30.2 Å². The molecule has 0 atom stereocenters. The third-order valence-electron chi connectivity index (χ3n) is 6.73. The fourth-order valence-electron chi connectivity index (χ4n) is 4.73. The van der Waals surface area contributed by atoms with Crippen LogP contribution in [0.3, 0.4) is 0 Å². The number of ketones is 1. The summed E-state index contributed by atoms with van der Waals surface area (Å²) in [6.45, 7) is 6.19. The zero-order valence-electron chi connectivity index (χ0n) is 23.0. The van der Waals surface area contributed by atoms with Crippen molar-refractivity contribution in [2.45, 2.75) is 49.1 Å². The van der Waals surface area contributed by atoms with Gasteiger partial charge in [-0.3, -0.25) is 14.6 Å². The summed E-state index contributed by atoms with van der Waals surface area (Å²) in [5.74, 6) is 0.450. The first kappa shape index (κ1) is 27.3. The Balaban J connectivity index is 1.29. The lowest BCUT2D eigenvalue weighted by Gasteiger charge is -2.29. The normalized spacial score (nSPS) is 13.7. The summed E-state index contributed by atoms with van der Waals surface area (Å²) in [4.78, 5) is 36.7. The number of aliphatic imine (C=N–C) groups is 1. The van der Waals surface area contributed by atoms with Crippen molar-refractivity contribution in [1.82, 2.24) is 4.98 Å². The summed E-state index contributed by atoms with van der Waals surface area (Å²) in [5.41, 5.74) is 5.43. The molecule has 7 heteroatoms. The van der Waals surface area contributed by atoms with E-state index in [-0.39, 0.29) is 23.7 Å². The van der Waals surface area contributed by atoms with Crippen molar-refractivity contribution in [3.63, 3.8) is 0 Å². The first-order valence-electron chi connectivity index (χ1n) is 13.1. The number of benzene rings is 3. The predicted octanol–water partition coefficient (Wildman–Crippen LogP) is 7.20. The molecule has 1 aliphatic rings. The molecule has 0 spiro atoms. The van der Waals surface area contributed by atoms with Crippen LogP contribution in [-0.2, 0) is 6.42 Å². The molecule has 0 radical (unpaired) electrons. The van der Waals surface area contributed by atoms with Crippen molar-refractivity contribution in [3.8, 4) is 5.75 Å². The van der Waals surface area contributed by atoms with Gasteiger partial charge in [-0.15, -0.1) is 0 Å². The summed E-state index contributed by atoms with van der Waals surface area (Å²) in [6.07, 6.45) is 2.67. The van der Waals surface area contributed by atoms with E-state index in [0.717, 1.165) is 33.9 Å². The first-order valence-corrected chi connectivity index (χ1v) is 13.9. The standard InChI is InChI=1S/C33H31N3O3S/c1-21-7-15-26(16-8-21)40-32-27(6-5-17-34-32)31(38)35-24-12-9-22(10-13-24)30(37)19-29-28-18-25(39-4)14-11-23(28)20-33(2,3)36-29/h5-18H,19-20H2,1-4H3,(H,35,38). The number of carbonyl (C=O) groups is 2. The molecule has 4 aromatic rings. The van der Waals surface area contributed by atoms with Crippen molar-refractivity contribution < 1.29 is 14.3 Å². The van der Waals surface area contributed by atoms with Crippen molar-refractivity contribution in [1.29, 1.82) is 0 Å². The molecule has 0 unspecified atom stereocenters. The minimum absolute atomic E-state index is 0.0351. The van der Waals surface area contributed by atoms with Gasteiger partial charge in [-0.25, -0.2) is 4.98 Å². The van der Waals surface area contributed by atoms with Crippen LogP contribution in [0.1, 0.15) is 57.7 Å². The second-order valence-corrected chi connectivity index (χ2v) is 11.5. The Hall–Kier alpha value is -4.23. The maximum absolute atomic E-state index is 13.3. The molecule has 0 bridgehead atoms. The number of nitrogens with zero attached hydrogens (tertiary/aromatic N) is 2. The minimum Gasteiger partial charge on any atom is -0.497 e. The molecule has 2 heterocycles. The number of pyridine rings is 1. The lowest BCUT2D eigenvalue weighted by atomic mass is 9.85. The van der Waals surface area contributed by atoms with Crippen LogP contribution in [0.4, 0.5) is 5.69 Å². The molecular formula is C33H31N3O3S. The molecule has 1 N–H and O–H groups in total. The van der Waals surface area contributed by atoms with Gasteiger partial charge in [0.25, 0.3) is 5.91 Å². The highest BCUT2D eigenvalue weighted by Gasteiger charge is 2.28. The Morgan fingerprint density at radius 1 is 1.00 bits per heavy atom. The summed E-state index contributed by atoms with van der Waals surface area (Å²) in [5, 5.41) is 3.56. The number of aromatic nitrogens is 1. The number of amides is 1. The SMILES string of the molecule is COc1ccc2c(c1)C(CC(=O)c1ccc(NC(=O)c3cccnc3Sc3ccc(C)cc3)cc1)=NC(C)(C)C2. The third-order valence-corrected chi connectivity index (χ3v) is 7.76. The zero-order chi connectivity index (χ0) is 28.3. The number of rotatable bonds is 8. The van der Waals surface area contributed by atoms with Gasteiger partial charge in [0.05, 0.1) is 30.3 Å². The Labute approximate surface area is 238 Å². The van der Waals surface area contributed by atoms with Gasteiger partial charge in [0.2, 0.25) is 0 Å². The van der Waals surface area contributed by atoms with Crippen molar-refractivity contribution in [3.05, 3.63) is 113 Å². The van der Waals surface area contributed by atoms with Gasteiger partial charge in [-0.1, -0.05) is 35.5 Å². The molecule has 6 nitrogen and oxygen atoms in total. The van der Waals surface area contributed by atoms with E-state index in [9.17, 15) is 9.59 Å². The molecule has 40 heavy (non-hydrogen) atoms. The summed E-state index contributed by atoms with van der Waals surface area (Å²) < 4.78 is 5.41. The topological polar surface area (TPSA) is 80.6 Å². The molecule has 0 fully saturated rings. The highest BCUT2D eigenvalue weighted by molar-refractivity contribution is 7.99. The first-order chi connectivity index (χ1) is 19.2. The number of anilines is 1. The number of hydrogen-bond acceptors (Lipinski definition) is 6. The highest BCUT2D eigenvalue weighted by atomic mass is 32.2. The van der Waals surface area contributed by atoms with E-state index in [1.807, 2.05) is 43.3 Å². The Morgan fingerprint density at radius 3 is 2.48 bits per heavy atom. The number of nitrogens with one attached hydrogen (secondary N) is 1. The van der Waals surface area contributed by atoms with Crippen LogP contribution in [0.25, 0.3) is 0 Å². The Bertz CT molecular complexity index is 1590. The Morgan fingerprint density at radius 2 is 1.75 bits per heavy atom. The fraction of sp³-hybridized carbons (Fsp3) is 0.212. The second kappa shape index (κ2) is 11.5. The monoisotopic (exact) mass is 549 g/mol. The number of carbonyl (C=O) groups excluding carboxylic acids is 2. The molecule has 202 valence electrons. The van der Waals surface area contributed by atoms with Gasteiger partial charge in [0.15, 0.2) is 5.78 Å². The molecule has 1 amide bonds. The van der Waals surface area contributed by atoms with Crippen LogP contribution in [0.15, 0.2) is 100.0 Å².